The summed E-state index contributed by atoms with van der Waals surface area (Å²) in [6, 6.07) is 2.50. The molecular weight excluding hydrogens is 235 g/mol. The highest BCUT2D eigenvalue weighted by Gasteiger charge is 2.33. The highest BCUT2D eigenvalue weighted by atomic mass is 35.5. The maximum atomic E-state index is 11.9. The average Bonchev–Trinajstić information content (AvgIpc) is 1.99. The topological polar surface area (TPSA) is 71.9 Å². The molecule has 0 aromatic carbocycles. The molecule has 0 aliphatic heterocycles. The number of nitriles is 1. The van der Waals surface area contributed by atoms with Crippen molar-refractivity contribution in [2.24, 2.45) is 0 Å². The number of alkyl halides is 3. The molecule has 1 aromatic heterocycles. The predicted molar refractivity (Wildman–Crippen MR) is 45.1 cm³/mol. The molecule has 15 heavy (non-hydrogen) atoms. The summed E-state index contributed by atoms with van der Waals surface area (Å²) in [5.41, 5.74) is 4.53. The number of aromatic nitrogens is 1. The lowest BCUT2D eigenvalue weighted by Crippen LogP contribution is -2.19. The molecule has 1 aromatic rings. The van der Waals surface area contributed by atoms with E-state index in [1.165, 1.54) is 6.07 Å². The first-order chi connectivity index (χ1) is 6.83. The number of rotatable bonds is 1. The van der Waals surface area contributed by atoms with Gasteiger partial charge in [-0.05, 0) is 0 Å². The lowest BCUT2D eigenvalue weighted by molar-refractivity contribution is -0.276. The first-order valence-electron chi connectivity index (χ1n) is 3.45. The number of halogens is 4. The Labute approximate surface area is 87.0 Å². The smallest absolute Gasteiger partial charge is 0.397 e. The van der Waals surface area contributed by atoms with E-state index in [0.29, 0.717) is 0 Å². The Kier molecular flexibility index (Phi) is 2.90. The van der Waals surface area contributed by atoms with Gasteiger partial charge in [0, 0.05) is 6.07 Å². The Morgan fingerprint density at radius 1 is 1.53 bits per heavy atom. The number of nitrogens with two attached hydrogens (primary N) is 1. The maximum absolute atomic E-state index is 11.9. The molecule has 4 nitrogen and oxygen atoms in total. The molecule has 0 aliphatic rings. The fraction of sp³-hybridized carbons (Fsp3) is 0.143. The van der Waals surface area contributed by atoms with Crippen molar-refractivity contribution in [2.75, 3.05) is 5.73 Å². The molecule has 0 aliphatic carbocycles. The average molecular weight is 238 g/mol. The van der Waals surface area contributed by atoms with Gasteiger partial charge in [0.2, 0.25) is 5.88 Å². The Morgan fingerprint density at radius 3 is 2.60 bits per heavy atom. The number of nitrogen functional groups attached to an aromatic ring is 1. The molecule has 0 fully saturated rings. The SMILES string of the molecule is N#Cc1c(N)cc(Cl)nc1OC(F)(F)F. The summed E-state index contributed by atoms with van der Waals surface area (Å²) in [7, 11) is 0. The standard InChI is InChI=1S/C7H3ClF3N3O/c8-5-1-4(13)3(2-12)6(14-5)15-7(9,10)11/h1H,(H2,13,14). The van der Waals surface area contributed by atoms with Gasteiger partial charge in [-0.2, -0.15) is 5.26 Å². The van der Waals surface area contributed by atoms with Crippen molar-refractivity contribution in [3.05, 3.63) is 16.8 Å². The third-order valence-electron chi connectivity index (χ3n) is 1.31. The molecular formula is C7H3ClF3N3O. The van der Waals surface area contributed by atoms with Gasteiger partial charge >= 0.3 is 6.36 Å². The van der Waals surface area contributed by atoms with Crippen molar-refractivity contribution in [3.8, 4) is 11.9 Å². The fourth-order valence-electron chi connectivity index (χ4n) is 0.805. The van der Waals surface area contributed by atoms with E-state index in [0.717, 1.165) is 6.07 Å². The van der Waals surface area contributed by atoms with Crippen molar-refractivity contribution < 1.29 is 17.9 Å². The summed E-state index contributed by atoms with van der Waals surface area (Å²) in [6.07, 6.45) is -4.95. The van der Waals surface area contributed by atoms with Gasteiger partial charge in [0.25, 0.3) is 0 Å². The second-order valence-electron chi connectivity index (χ2n) is 2.37. The molecule has 0 radical (unpaired) electrons. The number of ether oxygens (including phenoxy) is 1. The largest absolute Gasteiger partial charge is 0.574 e. The van der Waals surface area contributed by atoms with Gasteiger partial charge < -0.3 is 10.5 Å². The number of nitrogens with zero attached hydrogens (tertiary/aromatic N) is 2. The summed E-state index contributed by atoms with van der Waals surface area (Å²) in [6.45, 7) is 0. The minimum absolute atomic E-state index is 0.225. The van der Waals surface area contributed by atoms with E-state index < -0.39 is 17.8 Å². The first-order valence-corrected chi connectivity index (χ1v) is 3.83. The van der Waals surface area contributed by atoms with Crippen molar-refractivity contribution in [1.29, 1.82) is 5.26 Å². The fourth-order valence-corrected chi connectivity index (χ4v) is 0.999. The van der Waals surface area contributed by atoms with Crippen LogP contribution in [0.25, 0.3) is 0 Å². The molecule has 2 N–H and O–H groups in total. The van der Waals surface area contributed by atoms with Gasteiger partial charge in [0.1, 0.15) is 16.8 Å². The number of pyridine rings is 1. The van der Waals surface area contributed by atoms with Crippen molar-refractivity contribution in [1.82, 2.24) is 4.98 Å². The summed E-state index contributed by atoms with van der Waals surface area (Å²) >= 11 is 5.36. The summed E-state index contributed by atoms with van der Waals surface area (Å²) in [4.78, 5) is 3.21. The minimum atomic E-state index is -4.95. The molecule has 0 saturated heterocycles. The highest BCUT2D eigenvalue weighted by molar-refractivity contribution is 6.29. The third-order valence-corrected chi connectivity index (χ3v) is 1.50. The normalized spacial score (nSPS) is 10.9. The van der Waals surface area contributed by atoms with Crippen LogP contribution in [0, 0.1) is 11.3 Å². The van der Waals surface area contributed by atoms with Crippen LogP contribution >= 0.6 is 11.6 Å². The van der Waals surface area contributed by atoms with Gasteiger partial charge in [0.05, 0.1) is 5.69 Å². The predicted octanol–water partition coefficient (Wildman–Crippen LogP) is 2.09. The van der Waals surface area contributed by atoms with E-state index >= 15 is 0 Å². The molecule has 0 atom stereocenters. The maximum Gasteiger partial charge on any atom is 0.574 e. The van der Waals surface area contributed by atoms with Crippen molar-refractivity contribution in [2.45, 2.75) is 6.36 Å². The molecule has 0 spiro atoms. The highest BCUT2D eigenvalue weighted by Crippen LogP contribution is 2.29. The van der Waals surface area contributed by atoms with E-state index in [1.807, 2.05) is 0 Å². The first kappa shape index (κ1) is 11.4. The molecule has 0 unspecified atom stereocenters. The number of anilines is 1. The summed E-state index contributed by atoms with van der Waals surface area (Å²) in [5.74, 6) is -0.949. The quantitative estimate of drug-likeness (QED) is 0.759. The zero-order chi connectivity index (χ0) is 11.6. The lowest BCUT2D eigenvalue weighted by atomic mass is 10.2. The van der Waals surface area contributed by atoms with E-state index in [-0.39, 0.29) is 10.8 Å². The van der Waals surface area contributed by atoms with Crippen molar-refractivity contribution >= 4 is 17.3 Å². The van der Waals surface area contributed by atoms with E-state index in [1.54, 1.807) is 0 Å². The van der Waals surface area contributed by atoms with Crippen LogP contribution in [0.15, 0.2) is 6.07 Å². The van der Waals surface area contributed by atoms with Crippen LogP contribution in [-0.2, 0) is 0 Å². The minimum Gasteiger partial charge on any atom is -0.397 e. The lowest BCUT2D eigenvalue weighted by Gasteiger charge is -2.10. The van der Waals surface area contributed by atoms with Crippen LogP contribution in [0.3, 0.4) is 0 Å². The Hall–Kier alpha value is -1.68. The van der Waals surface area contributed by atoms with Crippen LogP contribution in [0.2, 0.25) is 5.15 Å². The van der Waals surface area contributed by atoms with Crippen LogP contribution in [0.5, 0.6) is 5.88 Å². The molecule has 0 amide bonds. The molecule has 0 saturated carbocycles. The van der Waals surface area contributed by atoms with Crippen LogP contribution in [0.4, 0.5) is 18.9 Å². The zero-order valence-corrected chi connectivity index (χ0v) is 7.73. The Morgan fingerprint density at radius 2 is 2.13 bits per heavy atom. The van der Waals surface area contributed by atoms with Gasteiger partial charge in [-0.3, -0.25) is 0 Å². The van der Waals surface area contributed by atoms with E-state index in [4.69, 9.17) is 22.6 Å². The van der Waals surface area contributed by atoms with Gasteiger partial charge in [-0.25, -0.2) is 4.98 Å². The molecule has 1 rings (SSSR count). The van der Waals surface area contributed by atoms with E-state index in [9.17, 15) is 13.2 Å². The number of hydrogen-bond donors (Lipinski definition) is 1. The van der Waals surface area contributed by atoms with Gasteiger partial charge in [0.15, 0.2) is 0 Å². The molecule has 1 heterocycles. The Balaban J connectivity index is 3.23. The molecule has 80 valence electrons. The monoisotopic (exact) mass is 237 g/mol. The van der Waals surface area contributed by atoms with Gasteiger partial charge in [-0.1, -0.05) is 11.6 Å². The van der Waals surface area contributed by atoms with E-state index in [2.05, 4.69) is 9.72 Å². The van der Waals surface area contributed by atoms with Crippen molar-refractivity contribution in [3.63, 3.8) is 0 Å². The van der Waals surface area contributed by atoms with Crippen LogP contribution < -0.4 is 10.5 Å². The third kappa shape index (κ3) is 2.89. The Bertz CT molecular complexity index is 427. The molecule has 8 heteroatoms. The van der Waals surface area contributed by atoms with Gasteiger partial charge in [-0.15, -0.1) is 13.2 Å². The molecule has 0 bridgehead atoms. The summed E-state index contributed by atoms with van der Waals surface area (Å²) in [5, 5.41) is 8.24. The van der Waals surface area contributed by atoms with Crippen LogP contribution in [-0.4, -0.2) is 11.3 Å². The summed E-state index contributed by atoms with van der Waals surface area (Å²) < 4.78 is 39.1. The number of hydrogen-bond acceptors (Lipinski definition) is 4. The zero-order valence-electron chi connectivity index (χ0n) is 6.97. The second-order valence-corrected chi connectivity index (χ2v) is 2.76. The van der Waals surface area contributed by atoms with Crippen LogP contribution in [0.1, 0.15) is 5.56 Å². The second kappa shape index (κ2) is 3.82.